The van der Waals surface area contributed by atoms with E-state index in [-0.39, 0.29) is 11.6 Å². The van der Waals surface area contributed by atoms with Crippen LogP contribution in [0.15, 0.2) is 18.2 Å². The fourth-order valence-electron chi connectivity index (χ4n) is 1.93. The van der Waals surface area contributed by atoms with Gasteiger partial charge in [-0.1, -0.05) is 17.7 Å². The van der Waals surface area contributed by atoms with Crippen molar-refractivity contribution in [3.05, 3.63) is 34.9 Å². The van der Waals surface area contributed by atoms with Crippen molar-refractivity contribution in [1.29, 1.82) is 0 Å². The molecule has 0 fully saturated rings. The Labute approximate surface area is 82.9 Å². The van der Waals surface area contributed by atoms with Crippen LogP contribution in [0.2, 0.25) is 0 Å². The summed E-state index contributed by atoms with van der Waals surface area (Å²) < 4.78 is 0. The van der Waals surface area contributed by atoms with Gasteiger partial charge in [-0.25, -0.2) is 0 Å². The number of ketones is 2. The van der Waals surface area contributed by atoms with E-state index in [1.165, 1.54) is 6.92 Å². The van der Waals surface area contributed by atoms with Crippen molar-refractivity contribution < 1.29 is 9.59 Å². The average Bonchev–Trinajstić information content (AvgIpc) is 2.44. The first-order chi connectivity index (χ1) is 6.59. The summed E-state index contributed by atoms with van der Waals surface area (Å²) >= 11 is 0. The number of rotatable bonds is 1. The second-order valence-electron chi connectivity index (χ2n) is 3.89. The van der Waals surface area contributed by atoms with Gasteiger partial charge in [0.25, 0.3) is 0 Å². The van der Waals surface area contributed by atoms with Crippen molar-refractivity contribution in [1.82, 2.24) is 0 Å². The van der Waals surface area contributed by atoms with Crippen LogP contribution in [-0.2, 0) is 11.2 Å². The molecule has 72 valence electrons. The van der Waals surface area contributed by atoms with Gasteiger partial charge in [-0.15, -0.1) is 0 Å². The maximum absolute atomic E-state index is 11.8. The van der Waals surface area contributed by atoms with E-state index >= 15 is 0 Å². The van der Waals surface area contributed by atoms with E-state index in [0.29, 0.717) is 6.42 Å². The van der Waals surface area contributed by atoms with Gasteiger partial charge in [-0.05, 0) is 31.9 Å². The van der Waals surface area contributed by atoms with Gasteiger partial charge in [0.05, 0.1) is 5.92 Å². The molecular weight excluding hydrogens is 176 g/mol. The summed E-state index contributed by atoms with van der Waals surface area (Å²) in [5, 5.41) is 0. The van der Waals surface area contributed by atoms with Crippen molar-refractivity contribution in [3.63, 3.8) is 0 Å². The number of carbonyl (C=O) groups is 2. The monoisotopic (exact) mass is 188 g/mol. The zero-order valence-corrected chi connectivity index (χ0v) is 8.33. The molecular formula is C12H12O2. The second kappa shape index (κ2) is 3.05. The molecule has 0 aliphatic heterocycles. The van der Waals surface area contributed by atoms with Gasteiger partial charge in [-0.3, -0.25) is 9.59 Å². The van der Waals surface area contributed by atoms with Crippen molar-refractivity contribution >= 4 is 11.6 Å². The highest BCUT2D eigenvalue weighted by Crippen LogP contribution is 2.27. The summed E-state index contributed by atoms with van der Waals surface area (Å²) in [6.45, 7) is 3.44. The van der Waals surface area contributed by atoms with Crippen LogP contribution in [0.1, 0.15) is 28.4 Å². The van der Waals surface area contributed by atoms with E-state index in [2.05, 4.69) is 0 Å². The number of hydrogen-bond donors (Lipinski definition) is 0. The normalized spacial score (nSPS) is 19.6. The molecule has 2 heteroatoms. The highest BCUT2D eigenvalue weighted by molar-refractivity contribution is 6.13. The highest BCUT2D eigenvalue weighted by atomic mass is 16.1. The Hall–Kier alpha value is -1.44. The summed E-state index contributed by atoms with van der Waals surface area (Å²) in [6, 6.07) is 5.81. The first-order valence-electron chi connectivity index (χ1n) is 4.74. The van der Waals surface area contributed by atoms with E-state index < -0.39 is 5.92 Å². The molecule has 0 N–H and O–H groups in total. The van der Waals surface area contributed by atoms with Crippen LogP contribution in [0.4, 0.5) is 0 Å². The van der Waals surface area contributed by atoms with Crippen molar-refractivity contribution in [2.24, 2.45) is 5.92 Å². The first kappa shape index (κ1) is 9.13. The fourth-order valence-corrected chi connectivity index (χ4v) is 1.93. The molecule has 2 rings (SSSR count). The molecule has 0 radical (unpaired) electrons. The van der Waals surface area contributed by atoms with Crippen LogP contribution in [-0.4, -0.2) is 11.6 Å². The largest absolute Gasteiger partial charge is 0.299 e. The Morgan fingerprint density at radius 3 is 2.79 bits per heavy atom. The number of benzene rings is 1. The molecule has 1 atom stereocenters. The third kappa shape index (κ3) is 1.27. The fraction of sp³-hybridized carbons (Fsp3) is 0.333. The first-order valence-corrected chi connectivity index (χ1v) is 4.74. The summed E-state index contributed by atoms with van der Waals surface area (Å²) in [5.74, 6) is -0.452. The molecule has 0 spiro atoms. The Kier molecular flexibility index (Phi) is 1.99. The van der Waals surface area contributed by atoms with Crippen molar-refractivity contribution in [2.45, 2.75) is 20.3 Å². The zero-order valence-electron chi connectivity index (χ0n) is 8.33. The Morgan fingerprint density at radius 2 is 2.14 bits per heavy atom. The molecule has 0 saturated carbocycles. The second-order valence-corrected chi connectivity index (χ2v) is 3.89. The lowest BCUT2D eigenvalue weighted by Gasteiger charge is -1.99. The number of carbonyl (C=O) groups excluding carboxylic acids is 2. The van der Waals surface area contributed by atoms with Crippen LogP contribution in [0.3, 0.4) is 0 Å². The SMILES string of the molecule is CC(=O)C1Cc2ccc(C)cc2C1=O. The lowest BCUT2D eigenvalue weighted by atomic mass is 10.0. The summed E-state index contributed by atoms with van der Waals surface area (Å²) in [6.07, 6.45) is 0.587. The predicted molar refractivity (Wildman–Crippen MR) is 53.4 cm³/mol. The van der Waals surface area contributed by atoms with Crippen LogP contribution in [0, 0.1) is 12.8 Å². The van der Waals surface area contributed by atoms with Gasteiger partial charge in [0.2, 0.25) is 0 Å². The minimum atomic E-state index is -0.424. The topological polar surface area (TPSA) is 34.1 Å². The van der Waals surface area contributed by atoms with Crippen LogP contribution >= 0.6 is 0 Å². The van der Waals surface area contributed by atoms with Crippen LogP contribution in [0.5, 0.6) is 0 Å². The minimum Gasteiger partial charge on any atom is -0.299 e. The van der Waals surface area contributed by atoms with E-state index in [1.54, 1.807) is 0 Å². The molecule has 0 heterocycles. The quantitative estimate of drug-likeness (QED) is 0.631. The molecule has 2 nitrogen and oxygen atoms in total. The Balaban J connectivity index is 2.46. The molecule has 0 aromatic heterocycles. The lowest BCUT2D eigenvalue weighted by Crippen LogP contribution is -2.17. The van der Waals surface area contributed by atoms with Crippen molar-refractivity contribution in [2.75, 3.05) is 0 Å². The van der Waals surface area contributed by atoms with E-state index in [1.807, 2.05) is 25.1 Å². The third-order valence-electron chi connectivity index (χ3n) is 2.76. The Morgan fingerprint density at radius 1 is 1.43 bits per heavy atom. The number of aryl methyl sites for hydroxylation is 1. The molecule has 14 heavy (non-hydrogen) atoms. The molecule has 0 saturated heterocycles. The van der Waals surface area contributed by atoms with Crippen LogP contribution in [0.25, 0.3) is 0 Å². The van der Waals surface area contributed by atoms with Gasteiger partial charge in [0.15, 0.2) is 5.78 Å². The van der Waals surface area contributed by atoms with Gasteiger partial charge in [0.1, 0.15) is 5.78 Å². The number of hydrogen-bond acceptors (Lipinski definition) is 2. The van der Waals surface area contributed by atoms with Gasteiger partial charge in [0, 0.05) is 5.56 Å². The number of Topliss-reactive ketones (excluding diaryl/α,β-unsaturated/α-hetero) is 2. The molecule has 0 amide bonds. The number of fused-ring (bicyclic) bond motifs is 1. The zero-order chi connectivity index (χ0) is 10.3. The maximum atomic E-state index is 11.8. The van der Waals surface area contributed by atoms with E-state index in [0.717, 1.165) is 16.7 Å². The van der Waals surface area contributed by atoms with E-state index in [4.69, 9.17) is 0 Å². The third-order valence-corrected chi connectivity index (χ3v) is 2.76. The molecule has 1 aliphatic carbocycles. The lowest BCUT2D eigenvalue weighted by molar-refractivity contribution is -0.119. The maximum Gasteiger partial charge on any atom is 0.173 e. The minimum absolute atomic E-state index is 0.00352. The Bertz CT molecular complexity index is 418. The van der Waals surface area contributed by atoms with Gasteiger partial charge < -0.3 is 0 Å². The highest BCUT2D eigenvalue weighted by Gasteiger charge is 2.33. The molecule has 1 aliphatic rings. The standard InChI is InChI=1S/C12H12O2/c1-7-3-4-9-6-10(8(2)13)12(14)11(9)5-7/h3-5,10H,6H2,1-2H3. The molecule has 1 unspecified atom stereocenters. The van der Waals surface area contributed by atoms with Crippen molar-refractivity contribution in [3.8, 4) is 0 Å². The summed E-state index contributed by atoms with van der Waals surface area (Å²) in [5.41, 5.74) is 2.83. The average molecular weight is 188 g/mol. The molecule has 0 bridgehead atoms. The van der Waals surface area contributed by atoms with Gasteiger partial charge in [-0.2, -0.15) is 0 Å². The van der Waals surface area contributed by atoms with E-state index in [9.17, 15) is 9.59 Å². The van der Waals surface area contributed by atoms with Crippen LogP contribution < -0.4 is 0 Å². The smallest absolute Gasteiger partial charge is 0.173 e. The molecule has 1 aromatic rings. The summed E-state index contributed by atoms with van der Waals surface area (Å²) in [4.78, 5) is 23.0. The summed E-state index contributed by atoms with van der Waals surface area (Å²) in [7, 11) is 0. The predicted octanol–water partition coefficient (Wildman–Crippen LogP) is 1.94. The molecule has 1 aromatic carbocycles. The van der Waals surface area contributed by atoms with Gasteiger partial charge >= 0.3 is 0 Å².